The molecule has 8 nitrogen and oxygen atoms in total. The Balaban J connectivity index is 1.30. The van der Waals surface area contributed by atoms with Crippen molar-refractivity contribution in [2.75, 3.05) is 6.61 Å². The number of hydrogen-bond donors (Lipinski definition) is 0. The van der Waals surface area contributed by atoms with E-state index in [0.717, 1.165) is 15.6 Å². The van der Waals surface area contributed by atoms with Crippen LogP contribution < -0.4 is 0 Å². The zero-order valence-electron chi connectivity index (χ0n) is 19.3. The lowest BCUT2D eigenvalue weighted by Gasteiger charge is -2.19. The van der Waals surface area contributed by atoms with Gasteiger partial charge in [-0.1, -0.05) is 48.0 Å². The fourth-order valence-corrected chi connectivity index (χ4v) is 5.72. The van der Waals surface area contributed by atoms with E-state index in [1.807, 2.05) is 28.1 Å². The van der Waals surface area contributed by atoms with Crippen LogP contribution in [0.15, 0.2) is 78.4 Å². The molecule has 1 aliphatic heterocycles. The van der Waals surface area contributed by atoms with Gasteiger partial charge in [-0.15, -0.1) is 11.3 Å². The number of carbonyl (C=O) groups excluding carboxylic acids is 2. The molecule has 0 unspecified atom stereocenters. The predicted molar refractivity (Wildman–Crippen MR) is 139 cm³/mol. The third-order valence-corrected chi connectivity index (χ3v) is 7.47. The van der Waals surface area contributed by atoms with Gasteiger partial charge in [0.15, 0.2) is 0 Å². The molecule has 2 aromatic carbocycles. The standard InChI is InChI=1S/C27H20ClN3O5S/c28-23-22-18-11-12-37-25(18)31(24(22)30-15-29-23)21-13-19(36-27(33)17-9-5-2-6-10-17)20(35-21)14-34-26(32)16-7-3-1-4-8-16/h1-12,15,19-21H,13-14H2/t19-,20+,21+/m0/s1. The van der Waals surface area contributed by atoms with Gasteiger partial charge in [-0.3, -0.25) is 4.57 Å². The lowest BCUT2D eigenvalue weighted by molar-refractivity contribution is -0.0552. The lowest BCUT2D eigenvalue weighted by atomic mass is 10.1. The van der Waals surface area contributed by atoms with Gasteiger partial charge >= 0.3 is 11.9 Å². The second-order valence-electron chi connectivity index (χ2n) is 8.51. The van der Waals surface area contributed by atoms with Crippen LogP contribution in [0.25, 0.3) is 21.3 Å². The first-order valence-electron chi connectivity index (χ1n) is 11.6. The maximum absolute atomic E-state index is 12.9. The summed E-state index contributed by atoms with van der Waals surface area (Å²) in [6.07, 6.45) is -0.129. The van der Waals surface area contributed by atoms with E-state index in [2.05, 4.69) is 9.97 Å². The molecule has 0 bridgehead atoms. The molecule has 0 N–H and O–H groups in total. The molecule has 1 saturated heterocycles. The number of aromatic nitrogens is 3. The van der Waals surface area contributed by atoms with Gasteiger partial charge in [0.05, 0.1) is 16.5 Å². The summed E-state index contributed by atoms with van der Waals surface area (Å²) >= 11 is 7.95. The molecular weight excluding hydrogens is 514 g/mol. The van der Waals surface area contributed by atoms with E-state index in [1.54, 1.807) is 48.5 Å². The van der Waals surface area contributed by atoms with E-state index in [1.165, 1.54) is 17.7 Å². The lowest BCUT2D eigenvalue weighted by Crippen LogP contribution is -2.32. The Kier molecular flexibility index (Phi) is 6.33. The minimum atomic E-state index is -0.685. The molecule has 5 aromatic rings. The molecule has 37 heavy (non-hydrogen) atoms. The van der Waals surface area contributed by atoms with Crippen molar-refractivity contribution in [2.45, 2.75) is 24.9 Å². The summed E-state index contributed by atoms with van der Waals surface area (Å²) in [4.78, 5) is 35.0. The van der Waals surface area contributed by atoms with E-state index >= 15 is 0 Å². The van der Waals surface area contributed by atoms with Gasteiger partial charge in [0, 0.05) is 11.8 Å². The maximum atomic E-state index is 12.9. The van der Waals surface area contributed by atoms with Crippen LogP contribution in [0.5, 0.6) is 0 Å². The van der Waals surface area contributed by atoms with Gasteiger partial charge < -0.3 is 14.2 Å². The number of hydrogen-bond acceptors (Lipinski definition) is 8. The largest absolute Gasteiger partial charge is 0.459 e. The molecule has 186 valence electrons. The molecule has 1 aliphatic rings. The minimum Gasteiger partial charge on any atom is -0.459 e. The van der Waals surface area contributed by atoms with Crippen LogP contribution in [0.4, 0.5) is 0 Å². The maximum Gasteiger partial charge on any atom is 0.338 e. The molecular formula is C27H20ClN3O5S. The topological polar surface area (TPSA) is 92.5 Å². The number of halogens is 1. The summed E-state index contributed by atoms with van der Waals surface area (Å²) in [5, 5.41) is 3.97. The molecule has 10 heteroatoms. The molecule has 0 amide bonds. The number of thiophene rings is 1. The van der Waals surface area contributed by atoms with Gasteiger partial charge in [0.1, 0.15) is 47.0 Å². The van der Waals surface area contributed by atoms with Crippen LogP contribution in [-0.2, 0) is 14.2 Å². The number of nitrogens with zero attached hydrogens (tertiary/aromatic N) is 3. The van der Waals surface area contributed by atoms with Crippen LogP contribution in [-0.4, -0.2) is 45.3 Å². The first-order chi connectivity index (χ1) is 18.1. The van der Waals surface area contributed by atoms with Crippen molar-refractivity contribution < 1.29 is 23.8 Å². The minimum absolute atomic E-state index is 0.0838. The summed E-state index contributed by atoms with van der Waals surface area (Å²) in [6.45, 7) is -0.0838. The molecule has 4 heterocycles. The Morgan fingerprint density at radius 2 is 1.70 bits per heavy atom. The van der Waals surface area contributed by atoms with Gasteiger partial charge in [0.2, 0.25) is 0 Å². The number of ether oxygens (including phenoxy) is 3. The third kappa shape index (κ3) is 4.46. The summed E-state index contributed by atoms with van der Waals surface area (Å²) in [6, 6.07) is 19.4. The average Bonchev–Trinajstić information content (AvgIpc) is 3.63. The highest BCUT2D eigenvalue weighted by Gasteiger charge is 2.41. The highest BCUT2D eigenvalue weighted by molar-refractivity contribution is 7.17. The quantitative estimate of drug-likeness (QED) is 0.205. The van der Waals surface area contributed by atoms with Gasteiger partial charge in [-0.25, -0.2) is 19.6 Å². The first kappa shape index (κ1) is 23.6. The van der Waals surface area contributed by atoms with Crippen molar-refractivity contribution in [3.63, 3.8) is 0 Å². The second-order valence-corrected chi connectivity index (χ2v) is 9.76. The second kappa shape index (κ2) is 9.93. The summed E-state index contributed by atoms with van der Waals surface area (Å²) in [7, 11) is 0. The molecule has 0 saturated carbocycles. The summed E-state index contributed by atoms with van der Waals surface area (Å²) in [5.41, 5.74) is 1.48. The van der Waals surface area contributed by atoms with E-state index in [0.29, 0.717) is 28.3 Å². The number of carbonyl (C=O) groups is 2. The molecule has 3 aromatic heterocycles. The van der Waals surface area contributed by atoms with Crippen LogP contribution in [0.3, 0.4) is 0 Å². The zero-order valence-corrected chi connectivity index (χ0v) is 20.9. The zero-order chi connectivity index (χ0) is 25.4. The van der Waals surface area contributed by atoms with Crippen molar-refractivity contribution in [1.29, 1.82) is 0 Å². The van der Waals surface area contributed by atoms with Crippen LogP contribution in [0.2, 0.25) is 5.15 Å². The molecule has 0 aliphatic carbocycles. The van der Waals surface area contributed by atoms with E-state index in [9.17, 15) is 9.59 Å². The van der Waals surface area contributed by atoms with E-state index in [-0.39, 0.29) is 6.61 Å². The SMILES string of the molecule is O=C(OC[C@H]1O[C@@H](n2c3ncnc(Cl)c3c3ccsc32)C[C@@H]1OC(=O)c1ccccc1)c1ccccc1. The highest BCUT2D eigenvalue weighted by Crippen LogP contribution is 2.41. The van der Waals surface area contributed by atoms with Gasteiger partial charge in [-0.2, -0.15) is 0 Å². The molecule has 1 fully saturated rings. The Bertz CT molecular complexity index is 1590. The smallest absolute Gasteiger partial charge is 0.338 e. The van der Waals surface area contributed by atoms with Crippen molar-refractivity contribution in [1.82, 2.24) is 14.5 Å². The van der Waals surface area contributed by atoms with Gasteiger partial charge in [-0.05, 0) is 35.7 Å². The first-order valence-corrected chi connectivity index (χ1v) is 12.9. The van der Waals surface area contributed by atoms with Crippen LogP contribution in [0.1, 0.15) is 33.4 Å². The number of benzene rings is 2. The monoisotopic (exact) mass is 533 g/mol. The summed E-state index contributed by atoms with van der Waals surface area (Å²) < 4.78 is 19.8. The Labute approximate surface area is 220 Å². The van der Waals surface area contributed by atoms with E-state index < -0.39 is 30.4 Å². The number of fused-ring (bicyclic) bond motifs is 3. The fraction of sp³-hybridized carbons (Fsp3) is 0.185. The molecule has 0 radical (unpaired) electrons. The molecule has 0 spiro atoms. The molecule has 3 atom stereocenters. The third-order valence-electron chi connectivity index (χ3n) is 6.27. The van der Waals surface area contributed by atoms with Crippen LogP contribution >= 0.6 is 22.9 Å². The fourth-order valence-electron chi connectivity index (χ4n) is 4.54. The Hall–Kier alpha value is -3.79. The average molecular weight is 534 g/mol. The number of esters is 2. The van der Waals surface area contributed by atoms with Crippen molar-refractivity contribution in [3.05, 3.63) is 94.7 Å². The summed E-state index contributed by atoms with van der Waals surface area (Å²) in [5.74, 6) is -0.953. The predicted octanol–water partition coefficient (Wildman–Crippen LogP) is 5.67. The van der Waals surface area contributed by atoms with Crippen molar-refractivity contribution >= 4 is 56.1 Å². The van der Waals surface area contributed by atoms with E-state index in [4.69, 9.17) is 25.8 Å². The Morgan fingerprint density at radius 3 is 2.43 bits per heavy atom. The normalized spacial score (nSPS) is 19.3. The Morgan fingerprint density at radius 1 is 1.00 bits per heavy atom. The van der Waals surface area contributed by atoms with Gasteiger partial charge in [0.25, 0.3) is 0 Å². The van der Waals surface area contributed by atoms with Crippen molar-refractivity contribution in [3.8, 4) is 0 Å². The molecule has 6 rings (SSSR count). The highest BCUT2D eigenvalue weighted by atomic mass is 35.5. The van der Waals surface area contributed by atoms with Crippen LogP contribution in [0, 0.1) is 0 Å². The number of rotatable bonds is 6. The van der Waals surface area contributed by atoms with Crippen molar-refractivity contribution in [2.24, 2.45) is 0 Å².